The minimum Gasteiger partial charge on any atom is -0.480 e. The average Bonchev–Trinajstić information content (AvgIpc) is 2.65. The van der Waals surface area contributed by atoms with Crippen LogP contribution in [0.2, 0.25) is 0 Å². The number of amides is 3. The third-order valence-electron chi connectivity index (χ3n) is 4.17. The lowest BCUT2D eigenvalue weighted by atomic mass is 10.0. The second-order valence-electron chi connectivity index (χ2n) is 7.39. The van der Waals surface area contributed by atoms with Crippen LogP contribution in [0.4, 0.5) is 0 Å². The van der Waals surface area contributed by atoms with E-state index in [1.54, 1.807) is 0 Å². The van der Waals surface area contributed by atoms with Gasteiger partial charge >= 0.3 is 5.97 Å². The molecule has 0 radical (unpaired) electrons. The summed E-state index contributed by atoms with van der Waals surface area (Å²) in [5.41, 5.74) is 5.83. The molecule has 0 aliphatic rings. The monoisotopic (exact) mass is 466 g/mol. The number of nitrogens with one attached hydrogen (secondary N) is 3. The van der Waals surface area contributed by atoms with Gasteiger partial charge in [-0.15, -0.1) is 0 Å². The molecule has 0 saturated heterocycles. The molecule has 3 amide bonds. The third-order valence-corrected chi connectivity index (χ3v) is 5.17. The summed E-state index contributed by atoms with van der Waals surface area (Å²) in [6.45, 7) is 5.13. The second kappa shape index (κ2) is 14.5. The van der Waals surface area contributed by atoms with Crippen molar-refractivity contribution in [2.75, 3.05) is 17.8 Å². The molecule has 5 atom stereocenters. The predicted molar refractivity (Wildman–Crippen MR) is 119 cm³/mol. The first-order valence-corrected chi connectivity index (χ1v) is 11.6. The predicted octanol–water partition coefficient (Wildman–Crippen LogP) is -1.04. The molecule has 0 bridgehead atoms. The number of aliphatic carboxylic acids is 1. The van der Waals surface area contributed by atoms with E-state index in [9.17, 15) is 24.3 Å². The largest absolute Gasteiger partial charge is 0.480 e. The summed E-state index contributed by atoms with van der Waals surface area (Å²) in [5, 5.41) is 26.3. The van der Waals surface area contributed by atoms with Gasteiger partial charge in [0.15, 0.2) is 0 Å². The van der Waals surface area contributed by atoms with Crippen LogP contribution in [0.25, 0.3) is 0 Å². The summed E-state index contributed by atoms with van der Waals surface area (Å²) in [5.74, 6) is -2.73. The number of carboxylic acid groups (broad SMARTS) is 1. The van der Waals surface area contributed by atoms with Gasteiger partial charge in [-0.1, -0.05) is 13.8 Å². The molecule has 0 aromatic heterocycles. The number of hydrogen-bond donors (Lipinski definition) is 7. The molecular weight excluding hydrogens is 432 g/mol. The lowest BCUT2D eigenvalue weighted by molar-refractivity contribution is -0.141. The molecule has 174 valence electrons. The van der Waals surface area contributed by atoms with E-state index in [0.717, 1.165) is 0 Å². The molecule has 0 fully saturated rings. The molecular formula is C18H34N4O6S2. The highest BCUT2D eigenvalue weighted by Crippen LogP contribution is 2.06. The number of nitrogens with two attached hydrogens (primary N) is 1. The number of aliphatic hydroxyl groups excluding tert-OH is 1. The first-order valence-electron chi connectivity index (χ1n) is 9.61. The summed E-state index contributed by atoms with van der Waals surface area (Å²) in [4.78, 5) is 48.6. The summed E-state index contributed by atoms with van der Waals surface area (Å²) < 4.78 is 0. The summed E-state index contributed by atoms with van der Waals surface area (Å²) in [6.07, 6.45) is 1.21. The summed E-state index contributed by atoms with van der Waals surface area (Å²) in [7, 11) is 0. The van der Waals surface area contributed by atoms with Gasteiger partial charge in [0.1, 0.15) is 18.1 Å². The van der Waals surface area contributed by atoms with Crippen LogP contribution >= 0.6 is 24.4 Å². The Balaban J connectivity index is 5.28. The van der Waals surface area contributed by atoms with Crippen molar-refractivity contribution in [2.24, 2.45) is 11.7 Å². The Bertz CT molecular complexity index is 591. The van der Waals surface area contributed by atoms with Crippen LogP contribution in [-0.2, 0) is 19.2 Å². The fourth-order valence-corrected chi connectivity index (χ4v) is 3.22. The molecule has 30 heavy (non-hydrogen) atoms. The number of carboxylic acids is 1. The minimum atomic E-state index is -1.32. The maximum Gasteiger partial charge on any atom is 0.327 e. The quantitative estimate of drug-likeness (QED) is 0.159. The highest BCUT2D eigenvalue weighted by Gasteiger charge is 2.32. The van der Waals surface area contributed by atoms with Crippen LogP contribution in [0, 0.1) is 5.92 Å². The average molecular weight is 467 g/mol. The van der Waals surface area contributed by atoms with Crippen molar-refractivity contribution < 1.29 is 29.4 Å². The third kappa shape index (κ3) is 10.5. The Morgan fingerprint density at radius 3 is 2.00 bits per heavy atom. The normalized spacial score (nSPS) is 16.1. The van der Waals surface area contributed by atoms with Gasteiger partial charge in [0, 0.05) is 5.75 Å². The van der Waals surface area contributed by atoms with E-state index in [2.05, 4.69) is 28.6 Å². The van der Waals surface area contributed by atoms with Crippen molar-refractivity contribution in [1.82, 2.24) is 16.0 Å². The molecule has 0 aliphatic heterocycles. The van der Waals surface area contributed by atoms with Gasteiger partial charge in [-0.3, -0.25) is 14.4 Å². The zero-order valence-electron chi connectivity index (χ0n) is 17.8. The van der Waals surface area contributed by atoms with Crippen LogP contribution < -0.4 is 21.7 Å². The molecule has 0 aromatic rings. The number of thioether (sulfide) groups is 1. The van der Waals surface area contributed by atoms with E-state index in [4.69, 9.17) is 10.8 Å². The number of rotatable bonds is 14. The van der Waals surface area contributed by atoms with Gasteiger partial charge in [0.05, 0.1) is 12.1 Å². The van der Waals surface area contributed by atoms with Crippen LogP contribution in [0.5, 0.6) is 0 Å². The molecule has 10 nitrogen and oxygen atoms in total. The van der Waals surface area contributed by atoms with E-state index in [-0.39, 0.29) is 18.1 Å². The SMILES string of the molecule is CSCCC(NC(=O)C(NC(=O)C(N)CC(C)C)C(C)O)C(=O)NC(CS)C(=O)O. The van der Waals surface area contributed by atoms with Crippen molar-refractivity contribution in [2.45, 2.75) is 63.9 Å². The van der Waals surface area contributed by atoms with Crippen LogP contribution in [-0.4, -0.2) is 81.9 Å². The van der Waals surface area contributed by atoms with Gasteiger partial charge in [0.25, 0.3) is 0 Å². The van der Waals surface area contributed by atoms with E-state index >= 15 is 0 Å². The van der Waals surface area contributed by atoms with E-state index in [1.165, 1.54) is 18.7 Å². The van der Waals surface area contributed by atoms with Crippen molar-refractivity contribution in [3.05, 3.63) is 0 Å². The van der Waals surface area contributed by atoms with Crippen LogP contribution in [0.3, 0.4) is 0 Å². The molecule has 7 N–H and O–H groups in total. The van der Waals surface area contributed by atoms with E-state index in [1.807, 2.05) is 20.1 Å². The van der Waals surface area contributed by atoms with Crippen molar-refractivity contribution >= 4 is 48.1 Å². The molecule has 0 heterocycles. The molecule has 0 aliphatic carbocycles. The Labute approximate surface area is 186 Å². The highest BCUT2D eigenvalue weighted by atomic mass is 32.2. The molecule has 0 aromatic carbocycles. The molecule has 5 unspecified atom stereocenters. The van der Waals surface area contributed by atoms with Gasteiger partial charge < -0.3 is 31.9 Å². The topological polar surface area (TPSA) is 171 Å². The van der Waals surface area contributed by atoms with E-state index < -0.39 is 54.0 Å². The maximum absolute atomic E-state index is 12.7. The maximum atomic E-state index is 12.7. The second-order valence-corrected chi connectivity index (χ2v) is 8.74. The molecule has 12 heteroatoms. The Morgan fingerprint density at radius 2 is 1.57 bits per heavy atom. The van der Waals surface area contributed by atoms with Gasteiger partial charge in [-0.2, -0.15) is 24.4 Å². The number of aliphatic hydroxyl groups is 1. The number of carbonyl (C=O) groups is 4. The first kappa shape index (κ1) is 28.5. The van der Waals surface area contributed by atoms with Crippen LogP contribution in [0.15, 0.2) is 0 Å². The van der Waals surface area contributed by atoms with Gasteiger partial charge in [-0.05, 0) is 37.7 Å². The zero-order chi connectivity index (χ0) is 23.4. The summed E-state index contributed by atoms with van der Waals surface area (Å²) in [6, 6.07) is -4.42. The summed E-state index contributed by atoms with van der Waals surface area (Å²) >= 11 is 5.34. The smallest absolute Gasteiger partial charge is 0.327 e. The zero-order valence-corrected chi connectivity index (χ0v) is 19.5. The number of carbonyl (C=O) groups excluding carboxylic acids is 3. The minimum absolute atomic E-state index is 0.121. The first-order chi connectivity index (χ1) is 13.9. The molecule has 0 spiro atoms. The van der Waals surface area contributed by atoms with Gasteiger partial charge in [-0.25, -0.2) is 4.79 Å². The number of hydrogen-bond acceptors (Lipinski definition) is 8. The van der Waals surface area contributed by atoms with Crippen molar-refractivity contribution in [1.29, 1.82) is 0 Å². The fourth-order valence-electron chi connectivity index (χ4n) is 2.50. The number of thiol groups is 1. The van der Waals surface area contributed by atoms with Crippen molar-refractivity contribution in [3.8, 4) is 0 Å². The van der Waals surface area contributed by atoms with E-state index in [0.29, 0.717) is 12.2 Å². The fraction of sp³-hybridized carbons (Fsp3) is 0.778. The Morgan fingerprint density at radius 1 is 1.00 bits per heavy atom. The Kier molecular flexibility index (Phi) is 13.8. The Hall–Kier alpha value is -1.50. The van der Waals surface area contributed by atoms with Crippen LogP contribution in [0.1, 0.15) is 33.6 Å². The molecule has 0 saturated carbocycles. The standard InChI is InChI=1S/C18H34N4O6S2/c1-9(2)7-11(19)15(24)22-14(10(3)23)17(26)20-12(5-6-30-4)16(25)21-13(8-29)18(27)28/h9-14,23,29H,5-8,19H2,1-4H3,(H,20,26)(H,21,25)(H,22,24)(H,27,28). The lowest BCUT2D eigenvalue weighted by Crippen LogP contribution is -2.60. The highest BCUT2D eigenvalue weighted by molar-refractivity contribution is 7.98. The lowest BCUT2D eigenvalue weighted by Gasteiger charge is -2.26. The van der Waals surface area contributed by atoms with Gasteiger partial charge in [0.2, 0.25) is 17.7 Å². The molecule has 0 rings (SSSR count). The van der Waals surface area contributed by atoms with Crippen molar-refractivity contribution in [3.63, 3.8) is 0 Å².